The number of fused-ring (bicyclic) bond motifs is 1. The van der Waals surface area contributed by atoms with Gasteiger partial charge >= 0.3 is 0 Å². The van der Waals surface area contributed by atoms with Gasteiger partial charge in [-0.05, 0) is 38.6 Å². The number of nitrogens with zero attached hydrogens (tertiary/aromatic N) is 4. The summed E-state index contributed by atoms with van der Waals surface area (Å²) < 4.78 is 41.1. The number of ether oxygens (including phenoxy) is 2. The molecule has 0 bridgehead atoms. The van der Waals surface area contributed by atoms with E-state index in [2.05, 4.69) is 25.6 Å². The van der Waals surface area contributed by atoms with E-state index in [9.17, 15) is 8.42 Å². The first-order chi connectivity index (χ1) is 16.1. The smallest absolute Gasteiger partial charge is 0.269 e. The lowest BCUT2D eigenvalue weighted by Gasteiger charge is -2.20. The molecule has 1 aromatic carbocycles. The Hall–Kier alpha value is -3.27. The predicted molar refractivity (Wildman–Crippen MR) is 130 cm³/mol. The second kappa shape index (κ2) is 9.17. The number of thioether (sulfide) groups is 1. The average molecular weight is 501 g/mol. The van der Waals surface area contributed by atoms with Gasteiger partial charge < -0.3 is 19.8 Å². The summed E-state index contributed by atoms with van der Waals surface area (Å²) in [7, 11) is -3.56. The molecule has 178 valence electrons. The molecule has 1 aliphatic heterocycles. The fourth-order valence-electron chi connectivity index (χ4n) is 3.33. The van der Waals surface area contributed by atoms with E-state index >= 15 is 0 Å². The minimum atomic E-state index is -3.56. The van der Waals surface area contributed by atoms with Crippen molar-refractivity contribution in [3.8, 4) is 12.3 Å². The molecule has 0 radical (unpaired) electrons. The maximum Gasteiger partial charge on any atom is 0.269 e. The second-order valence-corrected chi connectivity index (χ2v) is 11.3. The minimum absolute atomic E-state index is 0.0954. The summed E-state index contributed by atoms with van der Waals surface area (Å²) in [5, 5.41) is 0.865. The van der Waals surface area contributed by atoms with E-state index in [0.717, 1.165) is 17.3 Å². The molecule has 4 rings (SSSR count). The van der Waals surface area contributed by atoms with Crippen LogP contribution < -0.4 is 10.5 Å². The molecule has 0 amide bonds. The zero-order chi connectivity index (χ0) is 24.5. The number of aromatic nitrogens is 4. The van der Waals surface area contributed by atoms with E-state index in [1.807, 2.05) is 18.2 Å². The summed E-state index contributed by atoms with van der Waals surface area (Å²) >= 11 is 1.16. The summed E-state index contributed by atoms with van der Waals surface area (Å²) in [6.07, 6.45) is 7.67. The number of nitrogens with two attached hydrogens (primary N) is 1. The highest BCUT2D eigenvalue weighted by Gasteiger charge is 2.27. The van der Waals surface area contributed by atoms with Gasteiger partial charge in [0.25, 0.3) is 6.29 Å². The van der Waals surface area contributed by atoms with Crippen molar-refractivity contribution in [3.63, 3.8) is 0 Å². The lowest BCUT2D eigenvalue weighted by Crippen LogP contribution is -2.42. The van der Waals surface area contributed by atoms with Crippen LogP contribution in [-0.4, -0.2) is 39.2 Å². The molecule has 0 aliphatic carbocycles. The maximum atomic E-state index is 12.6. The summed E-state index contributed by atoms with van der Waals surface area (Å²) in [6, 6.07) is 7.33. The van der Waals surface area contributed by atoms with Crippen molar-refractivity contribution in [2.75, 3.05) is 11.5 Å². The summed E-state index contributed by atoms with van der Waals surface area (Å²) in [5.74, 6) is 2.63. The molecule has 0 saturated carbocycles. The third-order valence-corrected chi connectivity index (χ3v) is 7.18. The van der Waals surface area contributed by atoms with Gasteiger partial charge in [0.15, 0.2) is 22.1 Å². The summed E-state index contributed by atoms with van der Waals surface area (Å²) in [4.78, 5) is 12.8. The van der Waals surface area contributed by atoms with Gasteiger partial charge in [0.2, 0.25) is 15.1 Å². The van der Waals surface area contributed by atoms with Crippen LogP contribution >= 0.6 is 11.8 Å². The molecule has 34 heavy (non-hydrogen) atoms. The molecular formula is C22H24N6O4S2. The molecular weight excluding hydrogens is 476 g/mol. The zero-order valence-corrected chi connectivity index (χ0v) is 20.5. The van der Waals surface area contributed by atoms with Crippen molar-refractivity contribution in [3.05, 3.63) is 53.1 Å². The monoisotopic (exact) mass is 500 g/mol. The van der Waals surface area contributed by atoms with Crippen molar-refractivity contribution in [1.29, 1.82) is 0 Å². The lowest BCUT2D eigenvalue weighted by atomic mass is 10.1. The Morgan fingerprint density at radius 2 is 2.06 bits per heavy atom. The van der Waals surface area contributed by atoms with Crippen molar-refractivity contribution in [2.45, 2.75) is 44.3 Å². The second-order valence-electron chi connectivity index (χ2n) is 8.50. The van der Waals surface area contributed by atoms with Crippen molar-refractivity contribution >= 4 is 38.8 Å². The molecule has 2 aromatic heterocycles. The number of aryl methyl sites for hydroxylation is 1. The fourth-order valence-corrected chi connectivity index (χ4v) is 5.63. The first kappa shape index (κ1) is 23.9. The van der Waals surface area contributed by atoms with E-state index in [0.29, 0.717) is 27.0 Å². The van der Waals surface area contributed by atoms with Gasteiger partial charge in [-0.2, -0.15) is 0 Å². The molecule has 1 atom stereocenters. The SMILES string of the molecule is C#Cc1ccccc1C1OC=C(Sc2nc3c(N)ncnc3n2CCS(=O)(=O)NC(C)(C)C)O1. The maximum absolute atomic E-state index is 12.6. The third kappa shape index (κ3) is 5.27. The molecule has 0 fully saturated rings. The Balaban J connectivity index is 1.58. The van der Waals surface area contributed by atoms with E-state index < -0.39 is 21.9 Å². The van der Waals surface area contributed by atoms with Crippen LogP contribution in [0.3, 0.4) is 0 Å². The van der Waals surface area contributed by atoms with Crippen LogP contribution in [0.4, 0.5) is 5.82 Å². The molecule has 1 unspecified atom stereocenters. The standard InChI is InChI=1S/C22H24N6O4S2/c1-5-14-8-6-7-9-15(14)20-31-12-16(32-20)33-21-26-17-18(23)24-13-25-19(17)28(21)10-11-34(29,30)27-22(2,3)4/h1,6-9,12-13,20,27H,10-11H2,2-4H3,(H2,23,24,25). The highest BCUT2D eigenvalue weighted by Crippen LogP contribution is 2.39. The third-order valence-electron chi connectivity index (χ3n) is 4.64. The molecule has 10 nitrogen and oxygen atoms in total. The van der Waals surface area contributed by atoms with Gasteiger partial charge in [0.1, 0.15) is 12.6 Å². The summed E-state index contributed by atoms with van der Waals surface area (Å²) in [6.45, 7) is 5.44. The number of hydrogen-bond acceptors (Lipinski definition) is 9. The molecule has 3 N–H and O–H groups in total. The molecule has 3 heterocycles. The van der Waals surface area contributed by atoms with Crippen molar-refractivity contribution < 1.29 is 17.9 Å². The summed E-state index contributed by atoms with van der Waals surface area (Å²) in [5.41, 5.74) is 7.58. The van der Waals surface area contributed by atoms with Crippen LogP contribution in [0.25, 0.3) is 11.2 Å². The number of nitrogens with one attached hydrogen (secondary N) is 1. The van der Waals surface area contributed by atoms with Gasteiger partial charge in [0, 0.05) is 23.2 Å². The van der Waals surface area contributed by atoms with Crippen molar-refractivity contribution in [2.24, 2.45) is 0 Å². The Bertz CT molecular complexity index is 1400. The molecule has 12 heteroatoms. The van der Waals surface area contributed by atoms with Gasteiger partial charge in [0.05, 0.1) is 5.75 Å². The molecule has 0 spiro atoms. The van der Waals surface area contributed by atoms with Crippen LogP contribution in [0.2, 0.25) is 0 Å². The number of hydrogen-bond donors (Lipinski definition) is 2. The lowest BCUT2D eigenvalue weighted by molar-refractivity contribution is -0.0275. The van der Waals surface area contributed by atoms with Gasteiger partial charge in [-0.15, -0.1) is 6.42 Å². The highest BCUT2D eigenvalue weighted by molar-refractivity contribution is 8.02. The first-order valence-electron chi connectivity index (χ1n) is 10.3. The Kier molecular flexibility index (Phi) is 6.44. The number of rotatable bonds is 7. The number of benzene rings is 1. The van der Waals surface area contributed by atoms with E-state index in [1.165, 1.54) is 12.6 Å². The number of imidazole rings is 1. The fraction of sp³-hybridized carbons (Fsp3) is 0.318. The minimum Gasteiger partial charge on any atom is -0.454 e. The quantitative estimate of drug-likeness (QED) is 0.470. The van der Waals surface area contributed by atoms with Crippen LogP contribution in [0.1, 0.15) is 38.2 Å². The number of anilines is 1. The van der Waals surface area contributed by atoms with E-state index in [-0.39, 0.29) is 18.1 Å². The Morgan fingerprint density at radius 3 is 2.79 bits per heavy atom. The normalized spacial score (nSPS) is 16.1. The van der Waals surface area contributed by atoms with Gasteiger partial charge in [-0.3, -0.25) is 0 Å². The number of terminal acetylenes is 1. The van der Waals surface area contributed by atoms with Crippen LogP contribution in [0, 0.1) is 12.3 Å². The van der Waals surface area contributed by atoms with Crippen LogP contribution in [0.5, 0.6) is 0 Å². The zero-order valence-electron chi connectivity index (χ0n) is 18.8. The van der Waals surface area contributed by atoms with Gasteiger partial charge in [-0.1, -0.05) is 24.1 Å². The average Bonchev–Trinajstić information content (AvgIpc) is 3.36. The molecule has 0 saturated heterocycles. The Labute approximate surface area is 202 Å². The Morgan fingerprint density at radius 1 is 1.29 bits per heavy atom. The number of sulfonamides is 1. The largest absolute Gasteiger partial charge is 0.454 e. The first-order valence-corrected chi connectivity index (χ1v) is 12.8. The van der Waals surface area contributed by atoms with Gasteiger partial charge in [-0.25, -0.2) is 28.1 Å². The van der Waals surface area contributed by atoms with E-state index in [4.69, 9.17) is 21.6 Å². The predicted octanol–water partition coefficient (Wildman–Crippen LogP) is 2.74. The molecule has 3 aromatic rings. The number of nitrogen functional groups attached to an aromatic ring is 1. The highest BCUT2D eigenvalue weighted by atomic mass is 32.2. The van der Waals surface area contributed by atoms with Crippen molar-refractivity contribution in [1.82, 2.24) is 24.2 Å². The van der Waals surface area contributed by atoms with Crippen LogP contribution in [0.15, 0.2) is 47.1 Å². The topological polar surface area (TPSA) is 134 Å². The molecule has 1 aliphatic rings. The van der Waals surface area contributed by atoms with E-state index in [1.54, 1.807) is 31.4 Å². The van der Waals surface area contributed by atoms with Crippen LogP contribution in [-0.2, 0) is 26.0 Å².